The van der Waals surface area contributed by atoms with E-state index in [0.29, 0.717) is 11.5 Å². The molecule has 0 atom stereocenters. The third-order valence-corrected chi connectivity index (χ3v) is 5.49. The van der Waals surface area contributed by atoms with Crippen molar-refractivity contribution in [3.8, 4) is 6.07 Å². The molecule has 1 amide bonds. The van der Waals surface area contributed by atoms with E-state index in [0.717, 1.165) is 56.2 Å². The van der Waals surface area contributed by atoms with Crippen molar-refractivity contribution in [2.24, 2.45) is 5.92 Å². The third kappa shape index (κ3) is 3.47. The second kappa shape index (κ2) is 7.09. The van der Waals surface area contributed by atoms with Gasteiger partial charge in [-0.1, -0.05) is 6.07 Å². The predicted octanol–water partition coefficient (Wildman–Crippen LogP) is 2.28. The molecule has 3 aromatic rings. The van der Waals surface area contributed by atoms with E-state index in [1.165, 1.54) is 0 Å². The molecule has 8 heteroatoms. The lowest BCUT2D eigenvalue weighted by molar-refractivity contribution is -0.117. The molecule has 1 aromatic carbocycles. The Morgan fingerprint density at radius 1 is 1.03 bits per heavy atom. The monoisotopic (exact) mass is 387 g/mol. The van der Waals surface area contributed by atoms with Gasteiger partial charge < -0.3 is 9.80 Å². The van der Waals surface area contributed by atoms with Gasteiger partial charge in [-0.15, -0.1) is 5.10 Å². The van der Waals surface area contributed by atoms with E-state index >= 15 is 0 Å². The maximum atomic E-state index is 12.0. The fourth-order valence-corrected chi connectivity index (χ4v) is 3.68. The third-order valence-electron chi connectivity index (χ3n) is 5.49. The summed E-state index contributed by atoms with van der Waals surface area (Å²) in [6.07, 6.45) is 1.90. The van der Waals surface area contributed by atoms with Crippen LogP contribution in [0.3, 0.4) is 0 Å². The topological polar surface area (TPSA) is 89.6 Å². The molecule has 8 nitrogen and oxygen atoms in total. The lowest BCUT2D eigenvalue weighted by atomic mass is 10.2. The first-order valence-electron chi connectivity index (χ1n) is 9.88. The Kier molecular flexibility index (Phi) is 4.28. The number of nitrogens with zero attached hydrogens (tertiary/aromatic N) is 6. The summed E-state index contributed by atoms with van der Waals surface area (Å²) in [5, 5.41) is 16.3. The van der Waals surface area contributed by atoms with Crippen molar-refractivity contribution < 1.29 is 4.79 Å². The molecule has 146 valence electrons. The lowest BCUT2D eigenvalue weighted by Crippen LogP contribution is -2.47. The quantitative estimate of drug-likeness (QED) is 0.739. The van der Waals surface area contributed by atoms with Crippen molar-refractivity contribution in [3.05, 3.63) is 48.0 Å². The summed E-state index contributed by atoms with van der Waals surface area (Å²) in [5.41, 5.74) is 2.53. The van der Waals surface area contributed by atoms with Crippen LogP contribution in [0.2, 0.25) is 0 Å². The minimum atomic E-state index is 0.0125. The van der Waals surface area contributed by atoms with Crippen molar-refractivity contribution in [1.82, 2.24) is 14.6 Å². The van der Waals surface area contributed by atoms with Gasteiger partial charge in [-0.25, -0.2) is 0 Å². The molecule has 2 fully saturated rings. The molecule has 1 aliphatic heterocycles. The molecule has 0 bridgehead atoms. The average Bonchev–Trinajstić information content (AvgIpc) is 3.54. The van der Waals surface area contributed by atoms with Gasteiger partial charge in [0, 0.05) is 37.8 Å². The minimum Gasteiger partial charge on any atom is -0.368 e. The molecule has 0 radical (unpaired) electrons. The summed E-state index contributed by atoms with van der Waals surface area (Å²) in [7, 11) is 0. The number of pyridine rings is 1. The first-order valence-corrected chi connectivity index (χ1v) is 9.88. The molecule has 1 aliphatic carbocycles. The minimum absolute atomic E-state index is 0.0125. The highest BCUT2D eigenvalue weighted by Crippen LogP contribution is 2.30. The Labute approximate surface area is 168 Å². The zero-order valence-electron chi connectivity index (χ0n) is 16.0. The molecular weight excluding hydrogens is 366 g/mol. The van der Waals surface area contributed by atoms with Crippen molar-refractivity contribution in [2.45, 2.75) is 12.8 Å². The summed E-state index contributed by atoms with van der Waals surface area (Å²) >= 11 is 0. The summed E-state index contributed by atoms with van der Waals surface area (Å²) in [6, 6.07) is 15.8. The van der Waals surface area contributed by atoms with Crippen molar-refractivity contribution in [1.29, 1.82) is 5.26 Å². The molecule has 1 N–H and O–H groups in total. The van der Waals surface area contributed by atoms with Crippen LogP contribution in [0.15, 0.2) is 42.5 Å². The number of carbonyl (C=O) groups is 1. The van der Waals surface area contributed by atoms with Gasteiger partial charge >= 0.3 is 0 Å². The van der Waals surface area contributed by atoms with Crippen LogP contribution in [0.4, 0.5) is 17.5 Å². The second-order valence-corrected chi connectivity index (χ2v) is 7.49. The fourth-order valence-electron chi connectivity index (χ4n) is 3.68. The number of benzene rings is 1. The number of rotatable bonds is 4. The van der Waals surface area contributed by atoms with E-state index < -0.39 is 0 Å². The summed E-state index contributed by atoms with van der Waals surface area (Å²) in [6.45, 7) is 3.45. The Bertz CT molecular complexity index is 1090. The highest BCUT2D eigenvalue weighted by Gasteiger charge is 2.30. The van der Waals surface area contributed by atoms with Crippen molar-refractivity contribution in [2.75, 3.05) is 41.3 Å². The van der Waals surface area contributed by atoms with Crippen LogP contribution in [-0.4, -0.2) is 46.7 Å². The SMILES string of the molecule is N#Cc1ccc(N2CCN(c3cccc4nc(NC(=O)C5CC5)nn34)CC2)cc1. The first kappa shape index (κ1) is 17.5. The number of aromatic nitrogens is 3. The van der Waals surface area contributed by atoms with Gasteiger partial charge in [0.25, 0.3) is 0 Å². The van der Waals surface area contributed by atoms with E-state index in [4.69, 9.17) is 5.26 Å². The van der Waals surface area contributed by atoms with Crippen LogP contribution >= 0.6 is 0 Å². The molecule has 2 aromatic heterocycles. The number of fused-ring (bicyclic) bond motifs is 1. The highest BCUT2D eigenvalue weighted by atomic mass is 16.2. The maximum Gasteiger partial charge on any atom is 0.249 e. The van der Waals surface area contributed by atoms with Gasteiger partial charge in [-0.05, 0) is 49.2 Å². The number of amides is 1. The number of hydrogen-bond acceptors (Lipinski definition) is 6. The molecule has 3 heterocycles. The normalized spacial score (nSPS) is 16.7. The van der Waals surface area contributed by atoms with Gasteiger partial charge in [0.05, 0.1) is 11.6 Å². The zero-order chi connectivity index (χ0) is 19.8. The standard InChI is InChI=1S/C21H21N7O/c22-14-15-4-8-17(9-5-15)26-10-12-27(13-11-26)19-3-1-2-18-23-21(25-28(18)19)24-20(29)16-6-7-16/h1-5,8-9,16H,6-7,10-13H2,(H,24,25,29). The fraction of sp³-hybridized carbons (Fsp3) is 0.333. The number of piperazine rings is 1. The Balaban J connectivity index is 1.31. The van der Waals surface area contributed by atoms with Gasteiger partial charge in [0.15, 0.2) is 5.65 Å². The molecule has 0 spiro atoms. The number of nitrogens with one attached hydrogen (secondary N) is 1. The second-order valence-electron chi connectivity index (χ2n) is 7.49. The van der Waals surface area contributed by atoms with Gasteiger partial charge in [0.2, 0.25) is 11.9 Å². The van der Waals surface area contributed by atoms with Crippen molar-refractivity contribution in [3.63, 3.8) is 0 Å². The zero-order valence-corrected chi connectivity index (χ0v) is 16.0. The summed E-state index contributed by atoms with van der Waals surface area (Å²) in [4.78, 5) is 21.1. The largest absolute Gasteiger partial charge is 0.368 e. The number of nitriles is 1. The van der Waals surface area contributed by atoms with E-state index in [2.05, 4.69) is 31.3 Å². The average molecular weight is 387 g/mol. The van der Waals surface area contributed by atoms with Crippen LogP contribution in [0.25, 0.3) is 5.65 Å². The Morgan fingerprint density at radius 3 is 2.45 bits per heavy atom. The summed E-state index contributed by atoms with van der Waals surface area (Å²) < 4.78 is 1.81. The highest BCUT2D eigenvalue weighted by molar-refractivity contribution is 5.92. The van der Waals surface area contributed by atoms with Gasteiger partial charge in [-0.3, -0.25) is 10.1 Å². The Hall–Kier alpha value is -3.60. The van der Waals surface area contributed by atoms with Gasteiger partial charge in [0.1, 0.15) is 5.82 Å². The number of carbonyl (C=O) groups excluding carboxylic acids is 1. The number of anilines is 3. The van der Waals surface area contributed by atoms with Crippen LogP contribution < -0.4 is 15.1 Å². The molecule has 2 aliphatic rings. The predicted molar refractivity (Wildman–Crippen MR) is 110 cm³/mol. The van der Waals surface area contributed by atoms with E-state index in [9.17, 15) is 4.79 Å². The van der Waals surface area contributed by atoms with E-state index in [-0.39, 0.29) is 11.8 Å². The molecule has 1 saturated heterocycles. The van der Waals surface area contributed by atoms with Crippen molar-refractivity contribution >= 4 is 29.0 Å². The number of hydrogen-bond donors (Lipinski definition) is 1. The first-order chi connectivity index (χ1) is 14.2. The molecule has 29 heavy (non-hydrogen) atoms. The summed E-state index contributed by atoms with van der Waals surface area (Å²) in [5.74, 6) is 1.47. The molecular formula is C21H21N7O. The van der Waals surface area contributed by atoms with Gasteiger partial charge in [-0.2, -0.15) is 14.8 Å². The smallest absolute Gasteiger partial charge is 0.249 e. The van der Waals surface area contributed by atoms with Crippen LogP contribution in [0.1, 0.15) is 18.4 Å². The van der Waals surface area contributed by atoms with Crippen LogP contribution in [0.5, 0.6) is 0 Å². The Morgan fingerprint density at radius 2 is 1.76 bits per heavy atom. The van der Waals surface area contributed by atoms with E-state index in [1.807, 2.05) is 42.5 Å². The molecule has 1 saturated carbocycles. The lowest BCUT2D eigenvalue weighted by Gasteiger charge is -2.37. The van der Waals surface area contributed by atoms with E-state index in [1.54, 1.807) is 4.52 Å². The van der Waals surface area contributed by atoms with Crippen LogP contribution in [0, 0.1) is 17.2 Å². The van der Waals surface area contributed by atoms with Crippen LogP contribution in [-0.2, 0) is 4.79 Å². The maximum absolute atomic E-state index is 12.0. The molecule has 0 unspecified atom stereocenters. The molecule has 5 rings (SSSR count).